The molecule has 3 heterocycles. The van der Waals surface area contributed by atoms with Crippen LogP contribution in [-0.4, -0.2) is 54.0 Å². The standard InChI is InChI=1S/C25H29FN4O5/c1-3-34-24(32)18-13-30(15-8-9-15)22-16(21(18)31)10-19(26)23(28-22)29-11-14-6-5-7-20(17(14)12-29)27-25(33)35-4-2/h5-6,10,13-15,17,20H,3-4,7-9,11-12H2,1-2H3,(H,27,33). The lowest BCUT2D eigenvalue weighted by Crippen LogP contribution is -2.44. The summed E-state index contributed by atoms with van der Waals surface area (Å²) in [5.41, 5.74) is -0.316. The molecule has 2 aromatic rings. The minimum Gasteiger partial charge on any atom is -0.462 e. The fourth-order valence-electron chi connectivity index (χ4n) is 5.17. The van der Waals surface area contributed by atoms with Crippen LogP contribution in [0.15, 0.2) is 29.2 Å². The van der Waals surface area contributed by atoms with Crippen molar-refractivity contribution in [2.24, 2.45) is 11.8 Å². The van der Waals surface area contributed by atoms with Crippen molar-refractivity contribution in [1.29, 1.82) is 0 Å². The predicted octanol–water partition coefficient (Wildman–Crippen LogP) is 3.17. The molecule has 5 rings (SSSR count). The Labute approximate surface area is 201 Å². The number of anilines is 1. The minimum absolute atomic E-state index is 0.0714. The Morgan fingerprint density at radius 1 is 1.20 bits per heavy atom. The van der Waals surface area contributed by atoms with Crippen molar-refractivity contribution in [3.05, 3.63) is 46.0 Å². The smallest absolute Gasteiger partial charge is 0.407 e. The van der Waals surface area contributed by atoms with Crippen molar-refractivity contribution < 1.29 is 23.5 Å². The molecular formula is C25H29FN4O5. The number of nitrogens with zero attached hydrogens (tertiary/aromatic N) is 3. The molecule has 2 aliphatic carbocycles. The summed E-state index contributed by atoms with van der Waals surface area (Å²) >= 11 is 0. The second-order valence-electron chi connectivity index (χ2n) is 9.26. The maximum atomic E-state index is 15.4. The lowest BCUT2D eigenvalue weighted by molar-refractivity contribution is 0.0524. The van der Waals surface area contributed by atoms with E-state index in [1.54, 1.807) is 18.4 Å². The highest BCUT2D eigenvalue weighted by atomic mass is 19.1. The zero-order valence-electron chi connectivity index (χ0n) is 19.8. The van der Waals surface area contributed by atoms with Crippen LogP contribution in [0.1, 0.15) is 49.5 Å². The Kier molecular flexibility index (Phi) is 6.21. The third kappa shape index (κ3) is 4.37. The Bertz CT molecular complexity index is 1250. The number of esters is 1. The summed E-state index contributed by atoms with van der Waals surface area (Å²) in [6.45, 7) is 4.92. The van der Waals surface area contributed by atoms with E-state index in [1.807, 2.05) is 11.0 Å². The summed E-state index contributed by atoms with van der Waals surface area (Å²) in [5.74, 6) is -0.945. The molecule has 1 amide bonds. The van der Waals surface area contributed by atoms with Gasteiger partial charge >= 0.3 is 12.1 Å². The lowest BCUT2D eigenvalue weighted by Gasteiger charge is -2.29. The minimum atomic E-state index is -0.714. The number of fused-ring (bicyclic) bond motifs is 2. The first-order chi connectivity index (χ1) is 16.9. The number of pyridine rings is 2. The maximum absolute atomic E-state index is 15.4. The number of hydrogen-bond acceptors (Lipinski definition) is 7. The van der Waals surface area contributed by atoms with Gasteiger partial charge in [-0.3, -0.25) is 4.79 Å². The maximum Gasteiger partial charge on any atom is 0.407 e. The molecule has 0 aromatic carbocycles. The summed E-state index contributed by atoms with van der Waals surface area (Å²) < 4.78 is 27.3. The van der Waals surface area contributed by atoms with Gasteiger partial charge in [-0.15, -0.1) is 0 Å². The lowest BCUT2D eigenvalue weighted by atomic mass is 9.83. The van der Waals surface area contributed by atoms with Crippen LogP contribution >= 0.6 is 0 Å². The normalized spacial score (nSPS) is 23.3. The molecule has 3 atom stereocenters. The zero-order chi connectivity index (χ0) is 24.7. The highest BCUT2D eigenvalue weighted by Gasteiger charge is 2.40. The fourth-order valence-corrected chi connectivity index (χ4v) is 5.17. The molecule has 186 valence electrons. The SMILES string of the molecule is CCOC(=O)NC1CC=CC2CN(c3nc4c(cc3F)c(=O)c(C(=O)OCC)cn4C3CC3)CC21. The molecule has 1 N–H and O–H groups in total. The van der Waals surface area contributed by atoms with Crippen molar-refractivity contribution in [2.75, 3.05) is 31.2 Å². The van der Waals surface area contributed by atoms with E-state index in [-0.39, 0.29) is 47.3 Å². The van der Waals surface area contributed by atoms with Crippen molar-refractivity contribution >= 4 is 28.9 Å². The average molecular weight is 485 g/mol. The molecule has 3 unspecified atom stereocenters. The summed E-state index contributed by atoms with van der Waals surface area (Å²) in [7, 11) is 0. The topological polar surface area (TPSA) is 103 Å². The number of aromatic nitrogens is 2. The highest BCUT2D eigenvalue weighted by molar-refractivity contribution is 5.93. The number of alkyl carbamates (subject to hydrolysis) is 1. The first-order valence-corrected chi connectivity index (χ1v) is 12.2. The van der Waals surface area contributed by atoms with E-state index in [1.165, 1.54) is 12.3 Å². The second kappa shape index (κ2) is 9.31. The van der Waals surface area contributed by atoms with Gasteiger partial charge in [-0.25, -0.2) is 19.0 Å². The van der Waals surface area contributed by atoms with Gasteiger partial charge in [0.25, 0.3) is 0 Å². The van der Waals surface area contributed by atoms with Crippen molar-refractivity contribution in [3.8, 4) is 0 Å². The summed E-state index contributed by atoms with van der Waals surface area (Å²) in [6, 6.07) is 1.18. The third-order valence-corrected chi connectivity index (χ3v) is 6.96. The van der Waals surface area contributed by atoms with Gasteiger partial charge in [-0.1, -0.05) is 12.2 Å². The van der Waals surface area contributed by atoms with Gasteiger partial charge in [-0.2, -0.15) is 0 Å². The molecular weight excluding hydrogens is 455 g/mol. The van der Waals surface area contributed by atoms with Gasteiger partial charge in [-0.05, 0) is 39.2 Å². The van der Waals surface area contributed by atoms with Gasteiger partial charge in [0.15, 0.2) is 11.6 Å². The Morgan fingerprint density at radius 3 is 2.69 bits per heavy atom. The molecule has 0 spiro atoms. The quantitative estimate of drug-likeness (QED) is 0.496. The number of rotatable bonds is 6. The number of hydrogen-bond donors (Lipinski definition) is 1. The molecule has 3 aliphatic rings. The van der Waals surface area contributed by atoms with Crippen LogP contribution in [0.5, 0.6) is 0 Å². The zero-order valence-corrected chi connectivity index (χ0v) is 19.8. The molecule has 35 heavy (non-hydrogen) atoms. The molecule has 10 heteroatoms. The molecule has 2 fully saturated rings. The molecule has 0 bridgehead atoms. The van der Waals surface area contributed by atoms with Gasteiger partial charge in [0.1, 0.15) is 11.2 Å². The Hall–Kier alpha value is -3.43. The average Bonchev–Trinajstić information content (AvgIpc) is 3.57. The van der Waals surface area contributed by atoms with Gasteiger partial charge < -0.3 is 24.3 Å². The van der Waals surface area contributed by atoms with Crippen molar-refractivity contribution in [1.82, 2.24) is 14.9 Å². The van der Waals surface area contributed by atoms with E-state index in [4.69, 9.17) is 9.47 Å². The highest BCUT2D eigenvalue weighted by Crippen LogP contribution is 2.39. The third-order valence-electron chi connectivity index (χ3n) is 6.96. The van der Waals surface area contributed by atoms with E-state index in [0.717, 1.165) is 12.8 Å². The number of ether oxygens (including phenoxy) is 2. The fraction of sp³-hybridized carbons (Fsp3) is 0.520. The number of carbonyl (C=O) groups excluding carboxylic acids is 2. The monoisotopic (exact) mass is 484 g/mol. The molecule has 2 aromatic heterocycles. The molecule has 1 aliphatic heterocycles. The number of amides is 1. The second-order valence-corrected chi connectivity index (χ2v) is 9.26. The van der Waals surface area contributed by atoms with Crippen molar-refractivity contribution in [2.45, 2.75) is 45.2 Å². The van der Waals surface area contributed by atoms with Crippen LogP contribution in [0.4, 0.5) is 15.0 Å². The van der Waals surface area contributed by atoms with Crippen LogP contribution < -0.4 is 15.6 Å². The van der Waals surface area contributed by atoms with Crippen LogP contribution in [0.25, 0.3) is 11.0 Å². The van der Waals surface area contributed by atoms with E-state index in [9.17, 15) is 14.4 Å². The van der Waals surface area contributed by atoms with E-state index < -0.39 is 23.3 Å². The number of nitrogens with one attached hydrogen (secondary N) is 1. The summed E-state index contributed by atoms with van der Waals surface area (Å²) in [6.07, 6.45) is 7.67. The first kappa shape index (κ1) is 23.3. The summed E-state index contributed by atoms with van der Waals surface area (Å²) in [4.78, 5) is 43.9. The summed E-state index contributed by atoms with van der Waals surface area (Å²) in [5, 5.41) is 3.00. The van der Waals surface area contributed by atoms with E-state index in [0.29, 0.717) is 31.8 Å². The van der Waals surface area contributed by atoms with E-state index >= 15 is 4.39 Å². The van der Waals surface area contributed by atoms with Crippen LogP contribution in [0.3, 0.4) is 0 Å². The van der Waals surface area contributed by atoms with Gasteiger partial charge in [0.2, 0.25) is 5.43 Å². The van der Waals surface area contributed by atoms with Crippen LogP contribution in [-0.2, 0) is 9.47 Å². The Morgan fingerprint density at radius 2 is 1.97 bits per heavy atom. The van der Waals surface area contributed by atoms with Gasteiger partial charge in [0.05, 0.1) is 18.6 Å². The first-order valence-electron chi connectivity index (χ1n) is 12.2. The molecule has 1 saturated heterocycles. The van der Waals surface area contributed by atoms with Crippen LogP contribution in [0, 0.1) is 17.7 Å². The Balaban J connectivity index is 1.49. The van der Waals surface area contributed by atoms with E-state index in [2.05, 4.69) is 16.4 Å². The number of carbonyl (C=O) groups is 2. The van der Waals surface area contributed by atoms with Gasteiger partial charge in [0, 0.05) is 43.2 Å². The molecule has 9 nitrogen and oxygen atoms in total. The molecule has 1 saturated carbocycles. The molecule has 0 radical (unpaired) electrons. The van der Waals surface area contributed by atoms with Crippen LogP contribution in [0.2, 0.25) is 0 Å². The number of halogens is 1. The van der Waals surface area contributed by atoms with Crippen molar-refractivity contribution in [3.63, 3.8) is 0 Å². The largest absolute Gasteiger partial charge is 0.462 e. The predicted molar refractivity (Wildman–Crippen MR) is 127 cm³/mol.